The van der Waals surface area contributed by atoms with E-state index in [1.54, 1.807) is 6.07 Å². The van der Waals surface area contributed by atoms with Crippen molar-refractivity contribution in [1.29, 1.82) is 0 Å². The highest BCUT2D eigenvalue weighted by Gasteiger charge is 2.06. The molecule has 106 valence electrons. The second kappa shape index (κ2) is 7.33. The maximum absolute atomic E-state index is 6.15. The summed E-state index contributed by atoms with van der Waals surface area (Å²) in [6.45, 7) is 2.88. The molecule has 4 heteroatoms. The summed E-state index contributed by atoms with van der Waals surface area (Å²) in [5, 5.41) is 5.59. The Morgan fingerprint density at radius 1 is 0.950 bits per heavy atom. The molecule has 0 fully saturated rings. The lowest BCUT2D eigenvalue weighted by Gasteiger charge is -2.15. The maximum Gasteiger partial charge on any atom is 0.0465 e. The minimum atomic E-state index is 0.350. The van der Waals surface area contributed by atoms with E-state index in [-0.39, 0.29) is 0 Å². The quantitative estimate of drug-likeness (QED) is 0.778. The Morgan fingerprint density at radius 3 is 2.25 bits per heavy atom. The smallest absolute Gasteiger partial charge is 0.0465 e. The fraction of sp³-hybridized carbons (Fsp3) is 0.250. The average Bonchev–Trinajstić information content (AvgIpc) is 2.40. The van der Waals surface area contributed by atoms with Crippen LogP contribution in [0, 0.1) is 0 Å². The summed E-state index contributed by atoms with van der Waals surface area (Å²) in [4.78, 5) is 0. The first-order chi connectivity index (χ1) is 9.54. The van der Waals surface area contributed by atoms with Crippen molar-refractivity contribution in [1.82, 2.24) is 5.32 Å². The normalized spacial score (nSPS) is 12.4. The van der Waals surface area contributed by atoms with Gasteiger partial charge in [-0.25, -0.2) is 0 Å². The molecule has 0 spiro atoms. The molecule has 2 aromatic rings. The van der Waals surface area contributed by atoms with Gasteiger partial charge in [0.05, 0.1) is 0 Å². The van der Waals surface area contributed by atoms with Crippen LogP contribution >= 0.6 is 34.8 Å². The van der Waals surface area contributed by atoms with Gasteiger partial charge in [0, 0.05) is 27.7 Å². The molecule has 0 aliphatic rings. The highest BCUT2D eigenvalue weighted by Crippen LogP contribution is 2.21. The Labute approximate surface area is 134 Å². The standard InChI is InChI=1S/C16H16Cl3N/c1-11(8-12-2-5-14(17)6-3-12)20-10-13-4-7-15(18)9-16(13)19/h2-7,9,11,20H,8,10H2,1H3. The van der Waals surface area contributed by atoms with Crippen molar-refractivity contribution < 1.29 is 0 Å². The molecule has 0 bridgehead atoms. The van der Waals surface area contributed by atoms with Gasteiger partial charge in [0.25, 0.3) is 0 Å². The van der Waals surface area contributed by atoms with Crippen molar-refractivity contribution in [2.45, 2.75) is 25.9 Å². The molecule has 0 radical (unpaired) electrons. The SMILES string of the molecule is CC(Cc1ccc(Cl)cc1)NCc1ccc(Cl)cc1Cl. The predicted molar refractivity (Wildman–Crippen MR) is 87.9 cm³/mol. The third-order valence-electron chi connectivity index (χ3n) is 3.11. The second-order valence-electron chi connectivity index (χ2n) is 4.85. The molecule has 0 saturated heterocycles. The van der Waals surface area contributed by atoms with Gasteiger partial charge < -0.3 is 5.32 Å². The van der Waals surface area contributed by atoms with Crippen LogP contribution in [0.4, 0.5) is 0 Å². The largest absolute Gasteiger partial charge is 0.310 e. The molecule has 2 rings (SSSR count). The van der Waals surface area contributed by atoms with E-state index >= 15 is 0 Å². The molecule has 0 aromatic heterocycles. The highest BCUT2D eigenvalue weighted by molar-refractivity contribution is 6.35. The Kier molecular flexibility index (Phi) is 5.74. The summed E-state index contributed by atoms with van der Waals surface area (Å²) in [5.41, 5.74) is 2.32. The topological polar surface area (TPSA) is 12.0 Å². The lowest BCUT2D eigenvalue weighted by atomic mass is 10.1. The highest BCUT2D eigenvalue weighted by atomic mass is 35.5. The van der Waals surface area contributed by atoms with Crippen LogP contribution in [0.3, 0.4) is 0 Å². The Morgan fingerprint density at radius 2 is 1.60 bits per heavy atom. The minimum Gasteiger partial charge on any atom is -0.310 e. The van der Waals surface area contributed by atoms with Crippen LogP contribution in [0.5, 0.6) is 0 Å². The zero-order valence-corrected chi connectivity index (χ0v) is 13.4. The first kappa shape index (κ1) is 15.7. The molecule has 2 aromatic carbocycles. The van der Waals surface area contributed by atoms with Crippen LogP contribution in [0.1, 0.15) is 18.1 Å². The van der Waals surface area contributed by atoms with Crippen molar-refractivity contribution in [3.63, 3.8) is 0 Å². The van der Waals surface area contributed by atoms with E-state index in [0.717, 1.165) is 23.6 Å². The van der Waals surface area contributed by atoms with Crippen molar-refractivity contribution in [2.24, 2.45) is 0 Å². The van der Waals surface area contributed by atoms with Gasteiger partial charge in [-0.1, -0.05) is 53.0 Å². The molecule has 1 nitrogen and oxygen atoms in total. The molecule has 1 N–H and O–H groups in total. The zero-order valence-electron chi connectivity index (χ0n) is 11.2. The summed E-state index contributed by atoms with van der Waals surface area (Å²) in [6, 6.07) is 13.9. The van der Waals surface area contributed by atoms with Gasteiger partial charge in [-0.15, -0.1) is 0 Å². The van der Waals surface area contributed by atoms with Gasteiger partial charge in [0.1, 0.15) is 0 Å². The van der Waals surface area contributed by atoms with Gasteiger partial charge in [0.2, 0.25) is 0 Å². The van der Waals surface area contributed by atoms with Crippen LogP contribution in [0.2, 0.25) is 15.1 Å². The van der Waals surface area contributed by atoms with E-state index in [2.05, 4.69) is 24.4 Å². The molecule has 1 atom stereocenters. The molecule has 1 unspecified atom stereocenters. The lowest BCUT2D eigenvalue weighted by Crippen LogP contribution is -2.27. The fourth-order valence-electron chi connectivity index (χ4n) is 2.00. The third-order valence-corrected chi connectivity index (χ3v) is 3.95. The first-order valence-corrected chi connectivity index (χ1v) is 7.60. The predicted octanol–water partition coefficient (Wildman–Crippen LogP) is 5.37. The summed E-state index contributed by atoms with van der Waals surface area (Å²) >= 11 is 17.9. The Hall–Kier alpha value is -0.730. The number of halogens is 3. The number of benzene rings is 2. The van der Waals surface area contributed by atoms with Crippen molar-refractivity contribution >= 4 is 34.8 Å². The summed E-state index contributed by atoms with van der Waals surface area (Å²) in [5.74, 6) is 0. The molecule has 0 aliphatic heterocycles. The van der Waals surface area contributed by atoms with Crippen LogP contribution in [-0.2, 0) is 13.0 Å². The second-order valence-corrected chi connectivity index (χ2v) is 6.13. The molecular weight excluding hydrogens is 313 g/mol. The van der Waals surface area contributed by atoms with Crippen LogP contribution in [0.15, 0.2) is 42.5 Å². The monoisotopic (exact) mass is 327 g/mol. The van der Waals surface area contributed by atoms with Crippen molar-refractivity contribution in [3.05, 3.63) is 68.7 Å². The fourth-order valence-corrected chi connectivity index (χ4v) is 2.60. The van der Waals surface area contributed by atoms with E-state index < -0.39 is 0 Å². The van der Waals surface area contributed by atoms with Gasteiger partial charge in [-0.05, 0) is 48.7 Å². The van der Waals surface area contributed by atoms with E-state index in [1.807, 2.05) is 24.3 Å². The van der Waals surface area contributed by atoms with Crippen LogP contribution in [0.25, 0.3) is 0 Å². The third kappa shape index (κ3) is 4.68. The van der Waals surface area contributed by atoms with Crippen LogP contribution in [-0.4, -0.2) is 6.04 Å². The van der Waals surface area contributed by atoms with Gasteiger partial charge in [-0.3, -0.25) is 0 Å². The van der Waals surface area contributed by atoms with Gasteiger partial charge in [0.15, 0.2) is 0 Å². The van der Waals surface area contributed by atoms with E-state index in [4.69, 9.17) is 34.8 Å². The molecule has 0 heterocycles. The first-order valence-electron chi connectivity index (χ1n) is 6.46. The van der Waals surface area contributed by atoms with Crippen molar-refractivity contribution in [3.8, 4) is 0 Å². The molecule has 0 aliphatic carbocycles. The Balaban J connectivity index is 1.88. The molecule has 20 heavy (non-hydrogen) atoms. The minimum absolute atomic E-state index is 0.350. The number of nitrogens with one attached hydrogen (secondary N) is 1. The summed E-state index contributed by atoms with van der Waals surface area (Å²) in [7, 11) is 0. The lowest BCUT2D eigenvalue weighted by molar-refractivity contribution is 0.545. The Bertz CT molecular complexity index is 566. The number of hydrogen-bond acceptors (Lipinski definition) is 1. The van der Waals surface area contributed by atoms with E-state index in [0.29, 0.717) is 16.1 Å². The van der Waals surface area contributed by atoms with Crippen LogP contribution < -0.4 is 5.32 Å². The molecule has 0 amide bonds. The number of rotatable bonds is 5. The molecule has 0 saturated carbocycles. The van der Waals surface area contributed by atoms with Crippen molar-refractivity contribution in [2.75, 3.05) is 0 Å². The zero-order chi connectivity index (χ0) is 14.5. The maximum atomic E-state index is 6.15. The average molecular weight is 329 g/mol. The molecular formula is C16H16Cl3N. The van der Waals surface area contributed by atoms with Gasteiger partial charge in [-0.2, -0.15) is 0 Å². The van der Waals surface area contributed by atoms with E-state index in [9.17, 15) is 0 Å². The van der Waals surface area contributed by atoms with Gasteiger partial charge >= 0.3 is 0 Å². The summed E-state index contributed by atoms with van der Waals surface area (Å²) in [6.07, 6.45) is 0.947. The number of hydrogen-bond donors (Lipinski definition) is 1. The summed E-state index contributed by atoms with van der Waals surface area (Å²) < 4.78 is 0. The van der Waals surface area contributed by atoms with E-state index in [1.165, 1.54) is 5.56 Å².